The number of rotatable bonds is 2. The van der Waals surface area contributed by atoms with Gasteiger partial charge in [0.1, 0.15) is 6.04 Å². The zero-order chi connectivity index (χ0) is 8.27. The van der Waals surface area contributed by atoms with Gasteiger partial charge in [0.2, 0.25) is 0 Å². The fourth-order valence-electron chi connectivity index (χ4n) is 0.769. The molecule has 1 atom stereocenters. The second-order valence-electron chi connectivity index (χ2n) is 2.16. The zero-order valence-electron chi connectivity index (χ0n) is 5.90. The van der Waals surface area contributed by atoms with E-state index < -0.39 is 6.04 Å². The molecule has 1 amide bonds. The summed E-state index contributed by atoms with van der Waals surface area (Å²) in [6.45, 7) is 0.333. The van der Waals surface area contributed by atoms with Crippen molar-refractivity contribution in [1.82, 2.24) is 5.01 Å². The minimum Gasteiger partial charge on any atom is -0.315 e. The van der Waals surface area contributed by atoms with E-state index in [1.54, 1.807) is 0 Å². The van der Waals surface area contributed by atoms with Crippen LogP contribution >= 0.6 is 0 Å². The Balaban J connectivity index is 2.44. The lowest BCUT2D eigenvalue weighted by atomic mass is 10.3. The Morgan fingerprint density at radius 3 is 3.09 bits per heavy atom. The summed E-state index contributed by atoms with van der Waals surface area (Å²) in [6, 6.07) is 1.30. The summed E-state index contributed by atoms with van der Waals surface area (Å²) in [5, 5.41) is 13.1. The highest BCUT2D eigenvalue weighted by molar-refractivity contribution is 6.00. The quantitative estimate of drug-likeness (QED) is 0.554. The second kappa shape index (κ2) is 3.12. The second-order valence-corrected chi connectivity index (χ2v) is 2.16. The zero-order valence-corrected chi connectivity index (χ0v) is 5.90. The lowest BCUT2D eigenvalue weighted by Gasteiger charge is -2.09. The molecule has 5 heteroatoms. The summed E-state index contributed by atoms with van der Waals surface area (Å²) >= 11 is 0. The number of nitrogens with two attached hydrogens (primary N) is 1. The molecular weight excluding hydrogens is 144 g/mol. The molecule has 1 rings (SSSR count). The van der Waals surface area contributed by atoms with Crippen LogP contribution in [0.4, 0.5) is 0 Å². The van der Waals surface area contributed by atoms with E-state index in [4.69, 9.17) is 11.0 Å². The monoisotopic (exact) mass is 152 g/mol. The standard InChI is InChI=1S/C6H8N4O/c7-2-1-3-10-6(11)5(8)4-9-10/h4-5H,1,3,8H2. The van der Waals surface area contributed by atoms with Crippen molar-refractivity contribution in [3.8, 4) is 6.07 Å². The molecule has 0 saturated heterocycles. The van der Waals surface area contributed by atoms with Crippen molar-refractivity contribution in [2.45, 2.75) is 12.5 Å². The summed E-state index contributed by atoms with van der Waals surface area (Å²) in [7, 11) is 0. The van der Waals surface area contributed by atoms with Crippen LogP contribution in [0.3, 0.4) is 0 Å². The van der Waals surface area contributed by atoms with Gasteiger partial charge in [0.15, 0.2) is 0 Å². The van der Waals surface area contributed by atoms with Gasteiger partial charge < -0.3 is 5.73 Å². The normalized spacial score (nSPS) is 22.4. The Hall–Kier alpha value is -1.41. The number of nitriles is 1. The van der Waals surface area contributed by atoms with Crippen molar-refractivity contribution in [2.24, 2.45) is 10.8 Å². The van der Waals surface area contributed by atoms with E-state index in [2.05, 4.69) is 5.10 Å². The highest BCUT2D eigenvalue weighted by atomic mass is 16.2. The van der Waals surface area contributed by atoms with Crippen LogP contribution in [0.25, 0.3) is 0 Å². The third-order valence-electron chi connectivity index (χ3n) is 1.34. The van der Waals surface area contributed by atoms with Crippen LogP contribution in [0, 0.1) is 11.3 Å². The first-order valence-corrected chi connectivity index (χ1v) is 3.23. The molecule has 0 radical (unpaired) electrons. The Bertz CT molecular complexity index is 229. The summed E-state index contributed by atoms with van der Waals surface area (Å²) in [6.07, 6.45) is 1.66. The van der Waals surface area contributed by atoms with E-state index in [-0.39, 0.29) is 12.3 Å². The van der Waals surface area contributed by atoms with E-state index in [9.17, 15) is 4.79 Å². The molecule has 0 aromatic heterocycles. The maximum Gasteiger partial charge on any atom is 0.265 e. The fraction of sp³-hybridized carbons (Fsp3) is 0.500. The summed E-state index contributed by atoms with van der Waals surface area (Å²) < 4.78 is 0. The Kier molecular flexibility index (Phi) is 2.18. The number of nitrogens with zero attached hydrogens (tertiary/aromatic N) is 3. The molecule has 2 N–H and O–H groups in total. The highest BCUT2D eigenvalue weighted by Crippen LogP contribution is 2.01. The SMILES string of the molecule is N#CCCN1N=CC(N)C1=O. The lowest BCUT2D eigenvalue weighted by molar-refractivity contribution is -0.129. The van der Waals surface area contributed by atoms with E-state index in [0.717, 1.165) is 0 Å². The average molecular weight is 152 g/mol. The van der Waals surface area contributed by atoms with Gasteiger partial charge in [0.25, 0.3) is 5.91 Å². The molecule has 0 aromatic carbocycles. The van der Waals surface area contributed by atoms with Crippen LogP contribution in [-0.4, -0.2) is 29.7 Å². The first-order chi connectivity index (χ1) is 5.25. The van der Waals surface area contributed by atoms with Crippen molar-refractivity contribution >= 4 is 12.1 Å². The van der Waals surface area contributed by atoms with Gasteiger partial charge in [0, 0.05) is 0 Å². The largest absolute Gasteiger partial charge is 0.315 e. The predicted molar refractivity (Wildman–Crippen MR) is 38.4 cm³/mol. The van der Waals surface area contributed by atoms with Gasteiger partial charge in [-0.05, 0) is 0 Å². The maximum atomic E-state index is 11.0. The third kappa shape index (κ3) is 1.53. The van der Waals surface area contributed by atoms with Gasteiger partial charge in [-0.3, -0.25) is 4.79 Å². The van der Waals surface area contributed by atoms with Crippen molar-refractivity contribution in [3.05, 3.63) is 0 Å². The molecule has 0 spiro atoms. The molecule has 0 fully saturated rings. The van der Waals surface area contributed by atoms with E-state index in [1.165, 1.54) is 11.2 Å². The summed E-state index contributed by atoms with van der Waals surface area (Å²) in [5.74, 6) is -0.236. The molecule has 0 aromatic rings. The van der Waals surface area contributed by atoms with Gasteiger partial charge in [-0.15, -0.1) is 0 Å². The topological polar surface area (TPSA) is 82.5 Å². The molecule has 0 saturated carbocycles. The van der Waals surface area contributed by atoms with Crippen LogP contribution in [-0.2, 0) is 4.79 Å². The maximum absolute atomic E-state index is 11.0. The number of carbonyl (C=O) groups excluding carboxylic acids is 1. The molecule has 1 aliphatic heterocycles. The van der Waals surface area contributed by atoms with Crippen LogP contribution in [0.15, 0.2) is 5.10 Å². The fourth-order valence-corrected chi connectivity index (χ4v) is 0.769. The molecule has 1 heterocycles. The molecule has 58 valence electrons. The van der Waals surface area contributed by atoms with Crippen LogP contribution in [0.1, 0.15) is 6.42 Å². The van der Waals surface area contributed by atoms with Crippen molar-refractivity contribution in [2.75, 3.05) is 6.54 Å². The molecule has 1 aliphatic rings. The summed E-state index contributed by atoms with van der Waals surface area (Å²) in [5.41, 5.74) is 5.32. The van der Waals surface area contributed by atoms with Crippen LogP contribution in [0.2, 0.25) is 0 Å². The van der Waals surface area contributed by atoms with Gasteiger partial charge in [-0.1, -0.05) is 0 Å². The van der Waals surface area contributed by atoms with Gasteiger partial charge in [-0.25, -0.2) is 5.01 Å². The highest BCUT2D eigenvalue weighted by Gasteiger charge is 2.23. The molecule has 11 heavy (non-hydrogen) atoms. The van der Waals surface area contributed by atoms with Crippen molar-refractivity contribution < 1.29 is 4.79 Å². The number of hydrogen-bond donors (Lipinski definition) is 1. The number of amides is 1. The number of carbonyl (C=O) groups is 1. The minimum absolute atomic E-state index is 0.236. The smallest absolute Gasteiger partial charge is 0.265 e. The molecule has 0 bridgehead atoms. The van der Waals surface area contributed by atoms with Gasteiger partial charge >= 0.3 is 0 Å². The first-order valence-electron chi connectivity index (χ1n) is 3.23. The van der Waals surface area contributed by atoms with E-state index in [1.807, 2.05) is 6.07 Å². The van der Waals surface area contributed by atoms with Crippen molar-refractivity contribution in [1.29, 1.82) is 5.26 Å². The number of hydrazone groups is 1. The van der Waals surface area contributed by atoms with Crippen molar-refractivity contribution in [3.63, 3.8) is 0 Å². The van der Waals surface area contributed by atoms with Crippen LogP contribution in [0.5, 0.6) is 0 Å². The lowest BCUT2D eigenvalue weighted by Crippen LogP contribution is -2.36. The Labute approximate surface area is 64.1 Å². The average Bonchev–Trinajstić information content (AvgIpc) is 2.31. The van der Waals surface area contributed by atoms with Gasteiger partial charge in [0.05, 0.1) is 25.2 Å². The van der Waals surface area contributed by atoms with E-state index >= 15 is 0 Å². The Morgan fingerprint density at radius 2 is 2.64 bits per heavy atom. The molecular formula is C6H8N4O. The minimum atomic E-state index is -0.617. The predicted octanol–water partition coefficient (Wildman–Crippen LogP) is -0.945. The molecule has 5 nitrogen and oxygen atoms in total. The molecule has 1 unspecified atom stereocenters. The first kappa shape index (κ1) is 7.69. The number of hydrogen-bond acceptors (Lipinski definition) is 4. The van der Waals surface area contributed by atoms with Gasteiger partial charge in [-0.2, -0.15) is 10.4 Å². The third-order valence-corrected chi connectivity index (χ3v) is 1.34. The van der Waals surface area contributed by atoms with E-state index in [0.29, 0.717) is 6.54 Å². The van der Waals surface area contributed by atoms with Crippen LogP contribution < -0.4 is 5.73 Å². The Morgan fingerprint density at radius 1 is 1.91 bits per heavy atom. The molecule has 0 aliphatic carbocycles. The summed E-state index contributed by atoms with van der Waals surface area (Å²) in [4.78, 5) is 11.0.